The van der Waals surface area contributed by atoms with Crippen LogP contribution >= 0.6 is 11.6 Å². The second kappa shape index (κ2) is 12.7. The molecule has 0 unspecified atom stereocenters. The van der Waals surface area contributed by atoms with E-state index in [4.69, 9.17) is 21.4 Å². The van der Waals surface area contributed by atoms with Crippen molar-refractivity contribution in [3.05, 3.63) is 40.0 Å². The number of hydrogen-bond acceptors (Lipinski definition) is 6. The number of morpholine rings is 1. The van der Waals surface area contributed by atoms with Gasteiger partial charge in [0.15, 0.2) is 0 Å². The molecule has 2 aromatic rings. The van der Waals surface area contributed by atoms with E-state index in [0.717, 1.165) is 87.0 Å². The van der Waals surface area contributed by atoms with E-state index < -0.39 is 10.0 Å². The standard InChI is InChI=1S/C27H38ClN5O3S/c1-4-30(5-2)12-6-8-22-20-23(9-10-25(22)28)27-24-21-32(37(3,34)35)15-11-26(24)33(29-27)14-7-13-31-16-18-36-19-17-31/h9-10,20H,4-5,7,11-19,21H2,1-3H3. The first-order valence-corrected chi connectivity index (χ1v) is 15.4. The molecule has 1 aromatic heterocycles. The highest BCUT2D eigenvalue weighted by Crippen LogP contribution is 2.33. The van der Waals surface area contributed by atoms with E-state index in [1.807, 2.05) is 18.2 Å². The molecule has 1 fully saturated rings. The van der Waals surface area contributed by atoms with Crippen molar-refractivity contribution in [2.75, 3.05) is 65.3 Å². The monoisotopic (exact) mass is 547 g/mol. The van der Waals surface area contributed by atoms with Crippen LogP contribution in [0.15, 0.2) is 18.2 Å². The predicted octanol–water partition coefficient (Wildman–Crippen LogP) is 2.94. The summed E-state index contributed by atoms with van der Waals surface area (Å²) in [6, 6.07) is 5.80. The van der Waals surface area contributed by atoms with Gasteiger partial charge in [0.25, 0.3) is 0 Å². The van der Waals surface area contributed by atoms with Crippen LogP contribution in [0.5, 0.6) is 0 Å². The van der Waals surface area contributed by atoms with Crippen molar-refractivity contribution >= 4 is 21.6 Å². The summed E-state index contributed by atoms with van der Waals surface area (Å²) in [5.74, 6) is 6.47. The highest BCUT2D eigenvalue weighted by molar-refractivity contribution is 7.88. The fraction of sp³-hybridized carbons (Fsp3) is 0.593. The van der Waals surface area contributed by atoms with Gasteiger partial charge in [-0.2, -0.15) is 9.40 Å². The molecule has 8 nitrogen and oxygen atoms in total. The third-order valence-corrected chi connectivity index (χ3v) is 8.76. The van der Waals surface area contributed by atoms with Crippen LogP contribution in [0.25, 0.3) is 11.3 Å². The summed E-state index contributed by atoms with van der Waals surface area (Å²) in [7, 11) is -3.30. The number of ether oxygens (including phenoxy) is 1. The van der Waals surface area contributed by atoms with E-state index in [0.29, 0.717) is 31.1 Å². The molecule has 0 amide bonds. The number of halogens is 1. The number of aryl methyl sites for hydroxylation is 1. The van der Waals surface area contributed by atoms with E-state index >= 15 is 0 Å². The first-order chi connectivity index (χ1) is 17.8. The molecule has 0 spiro atoms. The molecule has 0 N–H and O–H groups in total. The summed E-state index contributed by atoms with van der Waals surface area (Å²) in [4.78, 5) is 4.67. The van der Waals surface area contributed by atoms with Gasteiger partial charge in [-0.15, -0.1) is 0 Å². The van der Waals surface area contributed by atoms with Crippen molar-refractivity contribution in [2.45, 2.75) is 39.8 Å². The number of nitrogens with zero attached hydrogens (tertiary/aromatic N) is 5. The van der Waals surface area contributed by atoms with Crippen molar-refractivity contribution in [1.29, 1.82) is 0 Å². The molecule has 10 heteroatoms. The number of hydrogen-bond donors (Lipinski definition) is 0. The van der Waals surface area contributed by atoms with Gasteiger partial charge in [-0.25, -0.2) is 8.42 Å². The van der Waals surface area contributed by atoms with E-state index in [1.54, 1.807) is 4.31 Å². The number of rotatable bonds is 9. The van der Waals surface area contributed by atoms with Gasteiger partial charge in [-0.1, -0.05) is 43.4 Å². The Labute approximate surface area is 226 Å². The summed E-state index contributed by atoms with van der Waals surface area (Å²) < 4.78 is 33.8. The van der Waals surface area contributed by atoms with Crippen LogP contribution in [-0.2, 0) is 34.3 Å². The maximum absolute atomic E-state index is 12.4. The molecule has 3 heterocycles. The summed E-state index contributed by atoms with van der Waals surface area (Å²) >= 11 is 6.50. The maximum atomic E-state index is 12.4. The Kier molecular flexibility index (Phi) is 9.67. The SMILES string of the molecule is CCN(CC)CC#Cc1cc(-c2nn(CCCN3CCOCC3)c3c2CN(S(C)(=O)=O)CC3)ccc1Cl. The van der Waals surface area contributed by atoms with Crippen molar-refractivity contribution in [1.82, 2.24) is 23.9 Å². The molecular weight excluding hydrogens is 510 g/mol. The predicted molar refractivity (Wildman–Crippen MR) is 148 cm³/mol. The summed E-state index contributed by atoms with van der Waals surface area (Å²) in [6.07, 6.45) is 2.90. The normalized spacial score (nSPS) is 17.0. The van der Waals surface area contributed by atoms with Crippen molar-refractivity contribution in [2.24, 2.45) is 0 Å². The smallest absolute Gasteiger partial charge is 0.211 e. The third kappa shape index (κ3) is 7.14. The number of sulfonamides is 1. The topological polar surface area (TPSA) is 70.9 Å². The van der Waals surface area contributed by atoms with Crippen molar-refractivity contribution in [3.63, 3.8) is 0 Å². The van der Waals surface area contributed by atoms with Gasteiger partial charge < -0.3 is 4.74 Å². The molecule has 0 saturated carbocycles. The number of fused-ring (bicyclic) bond motifs is 1. The van der Waals surface area contributed by atoms with Gasteiger partial charge in [-0.05, 0) is 31.6 Å². The van der Waals surface area contributed by atoms with Gasteiger partial charge in [0, 0.05) is 68.1 Å². The first-order valence-electron chi connectivity index (χ1n) is 13.1. The van der Waals surface area contributed by atoms with Gasteiger partial charge in [0.05, 0.1) is 36.7 Å². The Balaban J connectivity index is 1.62. The first kappa shape index (κ1) is 28.1. The minimum Gasteiger partial charge on any atom is -0.379 e. The molecule has 2 aliphatic rings. The highest BCUT2D eigenvalue weighted by Gasteiger charge is 2.30. The van der Waals surface area contributed by atoms with Gasteiger partial charge in [-0.3, -0.25) is 14.5 Å². The van der Waals surface area contributed by atoms with Crippen LogP contribution in [0, 0.1) is 11.8 Å². The number of aromatic nitrogens is 2. The highest BCUT2D eigenvalue weighted by atomic mass is 35.5. The van der Waals surface area contributed by atoms with E-state index in [-0.39, 0.29) is 0 Å². The van der Waals surface area contributed by atoms with Crippen LogP contribution in [0.2, 0.25) is 5.02 Å². The van der Waals surface area contributed by atoms with Gasteiger partial charge in [0.2, 0.25) is 10.0 Å². The molecule has 0 aliphatic carbocycles. The Morgan fingerprint density at radius 1 is 1.14 bits per heavy atom. The zero-order valence-electron chi connectivity index (χ0n) is 22.2. The summed E-state index contributed by atoms with van der Waals surface area (Å²) in [6.45, 7) is 12.9. The second-order valence-corrected chi connectivity index (χ2v) is 12.0. The lowest BCUT2D eigenvalue weighted by Crippen LogP contribution is -2.37. The van der Waals surface area contributed by atoms with E-state index in [1.165, 1.54) is 6.26 Å². The Bertz CT molecular complexity index is 1240. The Morgan fingerprint density at radius 2 is 1.89 bits per heavy atom. The number of benzene rings is 1. The molecule has 0 atom stereocenters. The van der Waals surface area contributed by atoms with Crippen molar-refractivity contribution < 1.29 is 13.2 Å². The van der Waals surface area contributed by atoms with Crippen LogP contribution in [0.1, 0.15) is 37.1 Å². The minimum absolute atomic E-state index is 0.332. The van der Waals surface area contributed by atoms with E-state index in [2.05, 4.69) is 40.2 Å². The fourth-order valence-corrected chi connectivity index (χ4v) is 5.85. The lowest BCUT2D eigenvalue weighted by atomic mass is 10.0. The molecule has 202 valence electrons. The molecule has 0 bridgehead atoms. The molecule has 0 radical (unpaired) electrons. The quantitative estimate of drug-likeness (QED) is 0.450. The zero-order chi connectivity index (χ0) is 26.4. The molecule has 4 rings (SSSR count). The van der Waals surface area contributed by atoms with Crippen molar-refractivity contribution in [3.8, 4) is 23.1 Å². The largest absolute Gasteiger partial charge is 0.379 e. The molecule has 2 aliphatic heterocycles. The van der Waals surface area contributed by atoms with Gasteiger partial charge in [0.1, 0.15) is 0 Å². The minimum atomic E-state index is -3.30. The molecular formula is C27H38ClN5O3S. The zero-order valence-corrected chi connectivity index (χ0v) is 23.7. The second-order valence-electron chi connectivity index (χ2n) is 9.61. The summed E-state index contributed by atoms with van der Waals surface area (Å²) in [5, 5.41) is 5.62. The van der Waals surface area contributed by atoms with Crippen LogP contribution in [-0.4, -0.2) is 97.6 Å². The maximum Gasteiger partial charge on any atom is 0.211 e. The fourth-order valence-electron chi connectivity index (χ4n) is 4.90. The molecule has 1 saturated heterocycles. The van der Waals surface area contributed by atoms with Crippen LogP contribution < -0.4 is 0 Å². The van der Waals surface area contributed by atoms with Crippen LogP contribution in [0.3, 0.4) is 0 Å². The average molecular weight is 548 g/mol. The third-order valence-electron chi connectivity index (χ3n) is 7.18. The van der Waals surface area contributed by atoms with E-state index in [9.17, 15) is 8.42 Å². The Morgan fingerprint density at radius 3 is 2.59 bits per heavy atom. The molecule has 1 aromatic carbocycles. The van der Waals surface area contributed by atoms with Gasteiger partial charge >= 0.3 is 0 Å². The lowest BCUT2D eigenvalue weighted by Gasteiger charge is -2.27. The van der Waals surface area contributed by atoms with Crippen LogP contribution in [0.4, 0.5) is 0 Å². The Hall–Kier alpha value is -1.93. The lowest BCUT2D eigenvalue weighted by molar-refractivity contribution is 0.0368. The molecule has 37 heavy (non-hydrogen) atoms. The average Bonchev–Trinajstić information content (AvgIpc) is 3.26. The summed E-state index contributed by atoms with van der Waals surface area (Å²) in [5.41, 5.74) is 4.60.